The van der Waals surface area contributed by atoms with Gasteiger partial charge in [-0.05, 0) is 161 Å². The number of quaternary nitrogens is 1. The van der Waals surface area contributed by atoms with E-state index in [-0.39, 0.29) is 32.7 Å². The average molecular weight is 1280 g/mol. The van der Waals surface area contributed by atoms with E-state index in [1.54, 1.807) is 0 Å². The van der Waals surface area contributed by atoms with Crippen LogP contribution in [0.1, 0.15) is 206 Å². The van der Waals surface area contributed by atoms with E-state index in [2.05, 4.69) is 257 Å². The minimum Gasteiger partial charge on any atom is -0.477 e. The maximum absolute atomic E-state index is 12.9. The second kappa shape index (κ2) is 70.9. The molecule has 0 aromatic heterocycles. The van der Waals surface area contributed by atoms with Gasteiger partial charge in [-0.3, -0.25) is 9.59 Å². The number of hydrogen-bond acceptors (Lipinski definition) is 7. The standard InChI is InChI=1S/C84H125NO8/c1-6-8-10-12-14-16-18-20-22-24-26-28-30-32-34-36-37-38-39-40-41-42-43-44-45-47-49-51-53-55-57-59-61-63-65-67-69-71-73-75-82(87)93-80(79-92-84(83(88)89)90-77-76-85(3,4)5)78-91-81(86)74-72-70-68-66-64-62-60-58-56-54-52-50-48-46-35-33-31-29-27-25-23-21-19-17-15-13-11-9-7-2/h8-11,14-17,20-23,26-29,32-35,37-38,40-41,43-44,47-50,53-56,59-62,66,68,80,84H,6-7,12-13,18-19,24-25,30-31,36,39,42,45-46,51-52,57-58,63-65,67,69-79H2,1-5H3/p+1/b10-8-,11-9-,16-14-,17-15-,22-20-,23-21-,28-26-,29-27-,34-32-,35-33-,38-37-,41-40-,44-43-,49-47-,50-48-,55-53-,56-54-,61-59-,62-60-,68-66-. The van der Waals surface area contributed by atoms with E-state index in [4.69, 9.17) is 18.9 Å². The van der Waals surface area contributed by atoms with Gasteiger partial charge in [0.1, 0.15) is 13.2 Å². The number of unbranched alkanes of at least 4 members (excludes halogenated alkanes) is 6. The zero-order valence-electron chi connectivity index (χ0n) is 58.5. The Morgan fingerprint density at radius 1 is 0.323 bits per heavy atom. The van der Waals surface area contributed by atoms with Crippen LogP contribution in [0.15, 0.2) is 243 Å². The second-order valence-corrected chi connectivity index (χ2v) is 23.4. The quantitative estimate of drug-likeness (QED) is 0.0211. The third kappa shape index (κ3) is 72.4. The van der Waals surface area contributed by atoms with Crippen LogP contribution >= 0.6 is 0 Å². The Balaban J connectivity index is 4.36. The van der Waals surface area contributed by atoms with Crippen LogP contribution in [-0.2, 0) is 33.3 Å². The van der Waals surface area contributed by atoms with Gasteiger partial charge in [0.05, 0.1) is 34.4 Å². The Morgan fingerprint density at radius 2 is 0.591 bits per heavy atom. The molecule has 0 aliphatic heterocycles. The lowest BCUT2D eigenvalue weighted by Gasteiger charge is -2.25. The number of likely N-dealkylation sites (N-methyl/N-ethyl adjacent to an activating group) is 1. The lowest BCUT2D eigenvalue weighted by molar-refractivity contribution is -0.870. The van der Waals surface area contributed by atoms with E-state index in [0.717, 1.165) is 167 Å². The Kier molecular flexibility index (Phi) is 65.7. The summed E-state index contributed by atoms with van der Waals surface area (Å²) in [4.78, 5) is 37.6. The van der Waals surface area contributed by atoms with E-state index in [1.807, 2.05) is 21.1 Å². The number of nitrogens with zero attached hydrogens (tertiary/aromatic N) is 1. The number of carboxylic acid groups (broad SMARTS) is 1. The van der Waals surface area contributed by atoms with E-state index >= 15 is 0 Å². The summed E-state index contributed by atoms with van der Waals surface area (Å²) in [5.74, 6) is -2.15. The van der Waals surface area contributed by atoms with Gasteiger partial charge in [0.25, 0.3) is 6.29 Å². The van der Waals surface area contributed by atoms with Gasteiger partial charge in [-0.2, -0.15) is 0 Å². The largest absolute Gasteiger partial charge is 0.477 e. The van der Waals surface area contributed by atoms with Crippen LogP contribution in [-0.4, -0.2) is 87.4 Å². The zero-order valence-corrected chi connectivity index (χ0v) is 58.5. The van der Waals surface area contributed by atoms with Crippen molar-refractivity contribution in [3.05, 3.63) is 243 Å². The van der Waals surface area contributed by atoms with Gasteiger partial charge < -0.3 is 28.5 Å². The summed E-state index contributed by atoms with van der Waals surface area (Å²) in [5, 5.41) is 9.74. The molecule has 9 heteroatoms. The van der Waals surface area contributed by atoms with Crippen molar-refractivity contribution in [3.63, 3.8) is 0 Å². The first-order chi connectivity index (χ1) is 45.6. The fourth-order valence-corrected chi connectivity index (χ4v) is 8.31. The molecule has 514 valence electrons. The monoisotopic (exact) mass is 1280 g/mol. The van der Waals surface area contributed by atoms with E-state index < -0.39 is 30.3 Å². The number of ether oxygens (including phenoxy) is 4. The van der Waals surface area contributed by atoms with Crippen molar-refractivity contribution < 1.29 is 42.9 Å². The molecule has 0 bridgehead atoms. The minimum atomic E-state index is -1.55. The second-order valence-electron chi connectivity index (χ2n) is 23.4. The molecule has 0 aliphatic rings. The van der Waals surface area contributed by atoms with Gasteiger partial charge in [0, 0.05) is 12.8 Å². The number of carboxylic acids is 1. The summed E-state index contributed by atoms with van der Waals surface area (Å²) in [6.45, 7) is 4.51. The normalized spacial score (nSPS) is 14.2. The van der Waals surface area contributed by atoms with Crippen LogP contribution in [0, 0.1) is 0 Å². The smallest absolute Gasteiger partial charge is 0.361 e. The number of esters is 2. The molecule has 0 radical (unpaired) electrons. The van der Waals surface area contributed by atoms with Crippen molar-refractivity contribution in [2.45, 2.75) is 219 Å². The Morgan fingerprint density at radius 3 is 0.892 bits per heavy atom. The maximum atomic E-state index is 12.9. The molecular formula is C84H126NO8+. The van der Waals surface area contributed by atoms with Crippen LogP contribution in [0.4, 0.5) is 0 Å². The van der Waals surface area contributed by atoms with E-state index in [0.29, 0.717) is 23.9 Å². The molecule has 1 N–H and O–H groups in total. The molecule has 0 rings (SSSR count). The molecule has 2 atom stereocenters. The first-order valence-corrected chi connectivity index (χ1v) is 35.2. The molecule has 0 saturated heterocycles. The van der Waals surface area contributed by atoms with Gasteiger partial charge in [0.2, 0.25) is 0 Å². The zero-order chi connectivity index (χ0) is 67.5. The highest BCUT2D eigenvalue weighted by Crippen LogP contribution is 2.12. The fraction of sp³-hybridized carbons (Fsp3) is 0.488. The maximum Gasteiger partial charge on any atom is 0.361 e. The van der Waals surface area contributed by atoms with Crippen LogP contribution < -0.4 is 0 Å². The molecule has 0 saturated carbocycles. The van der Waals surface area contributed by atoms with Crippen LogP contribution in [0.25, 0.3) is 0 Å². The predicted molar refractivity (Wildman–Crippen MR) is 400 cm³/mol. The number of rotatable bonds is 61. The average Bonchev–Trinajstić information content (AvgIpc) is 3.38. The fourth-order valence-electron chi connectivity index (χ4n) is 8.31. The SMILES string of the molecule is CC/C=C\C/C=C\C/C=C\C/C=C\C/C=C\C/C=C\C/C=C\C/C=C\C/C=C\C/C=C\C/C=C\CCCCCCCC(=O)OC(COC(=O)CCC/C=C\C/C=C\C/C=C\C/C=C\C/C=C\C/C=C\C/C=C\C/C=C\C/C=C\CC)COC(OCC[N+](C)(C)C)C(=O)O. The predicted octanol–water partition coefficient (Wildman–Crippen LogP) is 22.5. The molecule has 0 aromatic rings. The summed E-state index contributed by atoms with van der Waals surface area (Å²) in [7, 11) is 5.93. The Bertz CT molecular complexity index is 2430. The molecule has 0 spiro atoms. The number of carbonyl (C=O) groups excluding carboxylic acids is 2. The van der Waals surface area contributed by atoms with Crippen molar-refractivity contribution in [2.24, 2.45) is 0 Å². The van der Waals surface area contributed by atoms with Crippen molar-refractivity contribution in [2.75, 3.05) is 47.5 Å². The number of carbonyl (C=O) groups is 3. The molecular weight excluding hydrogens is 1150 g/mol. The van der Waals surface area contributed by atoms with Gasteiger partial charge in [-0.25, -0.2) is 4.79 Å². The molecule has 0 amide bonds. The molecule has 0 aromatic carbocycles. The third-order valence-corrected chi connectivity index (χ3v) is 13.6. The van der Waals surface area contributed by atoms with Crippen molar-refractivity contribution in [3.8, 4) is 0 Å². The lowest BCUT2D eigenvalue weighted by atomic mass is 10.1. The topological polar surface area (TPSA) is 108 Å². The highest BCUT2D eigenvalue weighted by atomic mass is 16.7. The first kappa shape index (κ1) is 86.1. The Hall–Kier alpha value is -6.91. The van der Waals surface area contributed by atoms with Crippen LogP contribution in [0.3, 0.4) is 0 Å². The lowest BCUT2D eigenvalue weighted by Crippen LogP contribution is -2.40. The minimum absolute atomic E-state index is 0.159. The van der Waals surface area contributed by atoms with Gasteiger partial charge in [0.15, 0.2) is 6.10 Å². The van der Waals surface area contributed by atoms with E-state index in [9.17, 15) is 19.5 Å². The van der Waals surface area contributed by atoms with Crippen LogP contribution in [0.2, 0.25) is 0 Å². The number of aliphatic carboxylic acids is 1. The highest BCUT2D eigenvalue weighted by molar-refractivity contribution is 5.71. The van der Waals surface area contributed by atoms with Crippen molar-refractivity contribution in [1.29, 1.82) is 0 Å². The summed E-state index contributed by atoms with van der Waals surface area (Å²) in [5.41, 5.74) is 0. The van der Waals surface area contributed by atoms with E-state index in [1.165, 1.54) is 0 Å². The van der Waals surface area contributed by atoms with Gasteiger partial charge in [-0.1, -0.05) is 276 Å². The highest BCUT2D eigenvalue weighted by Gasteiger charge is 2.25. The summed E-state index contributed by atoms with van der Waals surface area (Å²) in [6, 6.07) is 0. The van der Waals surface area contributed by atoms with Crippen molar-refractivity contribution >= 4 is 17.9 Å². The molecule has 0 aliphatic carbocycles. The Labute approximate surface area is 567 Å². The van der Waals surface area contributed by atoms with Gasteiger partial charge >= 0.3 is 17.9 Å². The molecule has 2 unspecified atom stereocenters. The summed E-state index contributed by atoms with van der Waals surface area (Å²) < 4.78 is 22.8. The number of hydrogen-bond donors (Lipinski definition) is 1. The first-order valence-electron chi connectivity index (χ1n) is 35.2. The number of allylic oxidation sites excluding steroid dienone is 40. The molecule has 0 fully saturated rings. The molecule has 9 nitrogen and oxygen atoms in total. The summed E-state index contributed by atoms with van der Waals surface area (Å²) >= 11 is 0. The summed E-state index contributed by atoms with van der Waals surface area (Å²) in [6.07, 6.45) is 113. The molecule has 93 heavy (non-hydrogen) atoms. The third-order valence-electron chi connectivity index (χ3n) is 13.6. The van der Waals surface area contributed by atoms with Crippen molar-refractivity contribution in [1.82, 2.24) is 0 Å². The molecule has 0 heterocycles. The van der Waals surface area contributed by atoms with Crippen LogP contribution in [0.5, 0.6) is 0 Å². The van der Waals surface area contributed by atoms with Gasteiger partial charge in [-0.15, -0.1) is 0 Å².